The second-order valence-electron chi connectivity index (χ2n) is 6.01. The highest BCUT2D eigenvalue weighted by Gasteiger charge is 2.40. The van der Waals surface area contributed by atoms with E-state index in [1.165, 1.54) is 0 Å². The second kappa shape index (κ2) is 7.17. The van der Waals surface area contributed by atoms with E-state index in [-0.39, 0.29) is 0 Å². The van der Waals surface area contributed by atoms with Crippen molar-refractivity contribution >= 4 is 5.57 Å². The summed E-state index contributed by atoms with van der Waals surface area (Å²) in [6, 6.07) is 19.6. The van der Waals surface area contributed by atoms with Crippen molar-refractivity contribution in [3.63, 3.8) is 0 Å². The molecule has 128 valence electrons. The Morgan fingerprint density at radius 1 is 0.962 bits per heavy atom. The lowest BCUT2D eigenvalue weighted by molar-refractivity contribution is 0.413. The van der Waals surface area contributed by atoms with Gasteiger partial charge in [-0.3, -0.25) is 0 Å². The fourth-order valence-electron chi connectivity index (χ4n) is 3.15. The lowest BCUT2D eigenvalue weighted by Gasteiger charge is -2.30. The largest absolute Gasteiger partial charge is 0.497 e. The van der Waals surface area contributed by atoms with Crippen molar-refractivity contribution in [2.24, 2.45) is 5.92 Å². The SMILES string of the molecule is COc1cccc(C2=CC(C#N)C(C#N)(c3cccc(OC)c3)C=C2)c1. The van der Waals surface area contributed by atoms with Crippen LogP contribution in [0.25, 0.3) is 5.57 Å². The lowest BCUT2D eigenvalue weighted by atomic mass is 9.68. The average Bonchev–Trinajstić information content (AvgIpc) is 2.73. The number of rotatable bonds is 4. The van der Waals surface area contributed by atoms with Gasteiger partial charge in [-0.25, -0.2) is 0 Å². The maximum atomic E-state index is 9.96. The van der Waals surface area contributed by atoms with Gasteiger partial charge in [0, 0.05) is 0 Å². The summed E-state index contributed by atoms with van der Waals surface area (Å²) >= 11 is 0. The number of hydrogen-bond acceptors (Lipinski definition) is 4. The molecule has 2 aromatic carbocycles. The first-order chi connectivity index (χ1) is 12.7. The molecule has 4 nitrogen and oxygen atoms in total. The Morgan fingerprint density at radius 3 is 2.31 bits per heavy atom. The van der Waals surface area contributed by atoms with Crippen LogP contribution in [0.5, 0.6) is 11.5 Å². The van der Waals surface area contributed by atoms with E-state index in [0.717, 1.165) is 22.4 Å². The molecule has 0 aromatic heterocycles. The molecule has 2 aromatic rings. The molecule has 0 N–H and O–H groups in total. The third-order valence-corrected chi connectivity index (χ3v) is 4.64. The number of nitriles is 2. The van der Waals surface area contributed by atoms with Gasteiger partial charge in [-0.05, 0) is 41.0 Å². The first-order valence-electron chi connectivity index (χ1n) is 8.17. The molecule has 4 heteroatoms. The number of ether oxygens (including phenoxy) is 2. The molecule has 0 saturated heterocycles. The van der Waals surface area contributed by atoms with Crippen LogP contribution in [0.4, 0.5) is 0 Å². The highest BCUT2D eigenvalue weighted by atomic mass is 16.5. The quantitative estimate of drug-likeness (QED) is 0.833. The van der Waals surface area contributed by atoms with Gasteiger partial charge < -0.3 is 9.47 Å². The third kappa shape index (κ3) is 2.94. The molecular formula is C22H18N2O2. The van der Waals surface area contributed by atoms with Crippen LogP contribution in [-0.4, -0.2) is 14.2 Å². The molecule has 2 atom stereocenters. The summed E-state index contributed by atoms with van der Waals surface area (Å²) in [7, 11) is 3.20. The number of methoxy groups -OCH3 is 2. The van der Waals surface area contributed by atoms with Crippen LogP contribution in [0, 0.1) is 28.6 Å². The molecular weight excluding hydrogens is 324 g/mol. The minimum absolute atomic E-state index is 0.620. The van der Waals surface area contributed by atoms with Crippen molar-refractivity contribution in [1.82, 2.24) is 0 Å². The van der Waals surface area contributed by atoms with Gasteiger partial charge in [0.05, 0.1) is 32.3 Å². The van der Waals surface area contributed by atoms with Crippen LogP contribution in [0.15, 0.2) is 66.8 Å². The Balaban J connectivity index is 2.06. The van der Waals surface area contributed by atoms with Gasteiger partial charge in [-0.2, -0.15) is 10.5 Å². The molecule has 3 rings (SSSR count). The first kappa shape index (κ1) is 17.3. The van der Waals surface area contributed by atoms with Gasteiger partial charge in [0.25, 0.3) is 0 Å². The average molecular weight is 342 g/mol. The summed E-state index contributed by atoms with van der Waals surface area (Å²) in [4.78, 5) is 0. The third-order valence-electron chi connectivity index (χ3n) is 4.64. The van der Waals surface area contributed by atoms with Crippen molar-refractivity contribution in [2.45, 2.75) is 5.41 Å². The van der Waals surface area contributed by atoms with Gasteiger partial charge in [-0.1, -0.05) is 42.5 Å². The predicted octanol–water partition coefficient (Wildman–Crippen LogP) is 4.26. The topological polar surface area (TPSA) is 66.0 Å². The molecule has 0 radical (unpaired) electrons. The molecule has 2 unspecified atom stereocenters. The van der Waals surface area contributed by atoms with Crippen molar-refractivity contribution < 1.29 is 9.47 Å². The maximum Gasteiger partial charge on any atom is 0.120 e. The summed E-state index contributed by atoms with van der Waals surface area (Å²) in [5.41, 5.74) is 1.52. The zero-order valence-corrected chi connectivity index (χ0v) is 14.6. The molecule has 26 heavy (non-hydrogen) atoms. The van der Waals surface area contributed by atoms with Gasteiger partial charge in [-0.15, -0.1) is 0 Å². The lowest BCUT2D eigenvalue weighted by Crippen LogP contribution is -2.31. The summed E-state index contributed by atoms with van der Waals surface area (Å²) in [5.74, 6) is 0.783. The highest BCUT2D eigenvalue weighted by molar-refractivity contribution is 5.78. The Bertz CT molecular complexity index is 963. The number of hydrogen-bond donors (Lipinski definition) is 0. The van der Waals surface area contributed by atoms with Crippen LogP contribution in [-0.2, 0) is 5.41 Å². The van der Waals surface area contributed by atoms with E-state index >= 15 is 0 Å². The number of benzene rings is 2. The smallest absolute Gasteiger partial charge is 0.120 e. The van der Waals surface area contributed by atoms with E-state index in [0.29, 0.717) is 5.75 Å². The Morgan fingerprint density at radius 2 is 1.65 bits per heavy atom. The van der Waals surface area contributed by atoms with Crippen LogP contribution in [0.2, 0.25) is 0 Å². The van der Waals surface area contributed by atoms with E-state index in [2.05, 4.69) is 12.1 Å². The zero-order valence-electron chi connectivity index (χ0n) is 14.6. The van der Waals surface area contributed by atoms with Crippen molar-refractivity contribution in [2.75, 3.05) is 14.2 Å². The highest BCUT2D eigenvalue weighted by Crippen LogP contribution is 2.41. The number of allylic oxidation sites excluding steroid dienone is 4. The molecule has 0 spiro atoms. The van der Waals surface area contributed by atoms with Crippen LogP contribution < -0.4 is 9.47 Å². The standard InChI is InChI=1S/C22H18N2O2/c1-25-20-7-3-5-16(12-20)17-9-10-22(15-24,19(11-17)14-23)18-6-4-8-21(13-18)26-2/h3-13,19H,1-2H3. The van der Waals surface area contributed by atoms with E-state index in [1.54, 1.807) is 14.2 Å². The maximum absolute atomic E-state index is 9.96. The number of nitrogens with zero attached hydrogens (tertiary/aromatic N) is 2. The van der Waals surface area contributed by atoms with Crippen molar-refractivity contribution in [3.05, 3.63) is 77.9 Å². The van der Waals surface area contributed by atoms with Gasteiger partial charge in [0.1, 0.15) is 16.9 Å². The minimum atomic E-state index is -1.05. The monoisotopic (exact) mass is 342 g/mol. The van der Waals surface area contributed by atoms with Crippen LogP contribution in [0.3, 0.4) is 0 Å². The molecule has 0 aliphatic heterocycles. The summed E-state index contributed by atoms with van der Waals surface area (Å²) < 4.78 is 10.5. The van der Waals surface area contributed by atoms with E-state index in [1.807, 2.05) is 66.8 Å². The summed E-state index contributed by atoms with van der Waals surface area (Å²) in [6.45, 7) is 0. The molecule has 0 fully saturated rings. The first-order valence-corrected chi connectivity index (χ1v) is 8.17. The van der Waals surface area contributed by atoms with E-state index in [4.69, 9.17) is 9.47 Å². The minimum Gasteiger partial charge on any atom is -0.497 e. The zero-order chi connectivity index (χ0) is 18.6. The molecule has 1 aliphatic carbocycles. The molecule has 0 bridgehead atoms. The molecule has 0 amide bonds. The van der Waals surface area contributed by atoms with E-state index in [9.17, 15) is 10.5 Å². The van der Waals surface area contributed by atoms with Crippen molar-refractivity contribution in [3.8, 4) is 23.6 Å². The molecule has 0 saturated carbocycles. The van der Waals surface area contributed by atoms with E-state index < -0.39 is 11.3 Å². The van der Waals surface area contributed by atoms with Gasteiger partial charge in [0.2, 0.25) is 0 Å². The fourth-order valence-corrected chi connectivity index (χ4v) is 3.15. The second-order valence-corrected chi connectivity index (χ2v) is 6.01. The molecule has 1 aliphatic rings. The van der Waals surface area contributed by atoms with Crippen LogP contribution >= 0.6 is 0 Å². The van der Waals surface area contributed by atoms with Crippen molar-refractivity contribution in [1.29, 1.82) is 10.5 Å². The van der Waals surface area contributed by atoms with Gasteiger partial charge in [0.15, 0.2) is 0 Å². The Labute approximate surface area is 153 Å². The van der Waals surface area contributed by atoms with Crippen LogP contribution in [0.1, 0.15) is 11.1 Å². The predicted molar refractivity (Wildman–Crippen MR) is 99.5 cm³/mol. The summed E-state index contributed by atoms with van der Waals surface area (Å²) in [6.07, 6.45) is 5.55. The molecule has 0 heterocycles. The fraction of sp³-hybridized carbons (Fsp3) is 0.182. The van der Waals surface area contributed by atoms with Gasteiger partial charge >= 0.3 is 0 Å². The normalized spacial score (nSPS) is 21.2. The Hall–Kier alpha value is -3.50. The Kier molecular flexibility index (Phi) is 4.78. The summed E-state index contributed by atoms with van der Waals surface area (Å²) in [5, 5.41) is 19.7.